The molecule has 0 saturated carbocycles. The van der Waals surface area contributed by atoms with Gasteiger partial charge in [0.15, 0.2) is 0 Å². The fourth-order valence-electron chi connectivity index (χ4n) is 2.20. The number of aromatic nitrogens is 2. The normalized spacial score (nSPS) is 10.8. The summed E-state index contributed by atoms with van der Waals surface area (Å²) >= 11 is 3.41. The minimum absolute atomic E-state index is 0.0811. The number of fused-ring (bicyclic) bond motifs is 1. The minimum Gasteiger partial charge on any atom is -0.324 e. The van der Waals surface area contributed by atoms with Gasteiger partial charge in [-0.3, -0.25) is 10.1 Å². The van der Waals surface area contributed by atoms with Crippen molar-refractivity contribution in [2.24, 2.45) is 0 Å². The van der Waals surface area contributed by atoms with Crippen LogP contribution in [0.25, 0.3) is 11.0 Å². The Labute approximate surface area is 130 Å². The second kappa shape index (κ2) is 5.69. The Morgan fingerprint density at radius 2 is 2.10 bits per heavy atom. The van der Waals surface area contributed by atoms with Gasteiger partial charge in [0.25, 0.3) is 0 Å². The molecule has 21 heavy (non-hydrogen) atoms. The Hall–Kier alpha value is -2.14. The number of amides is 1. The number of hydrogen-bond acceptors (Lipinski definition) is 2. The van der Waals surface area contributed by atoms with E-state index in [0.717, 1.165) is 26.6 Å². The number of anilines is 1. The number of aromatic amines is 1. The lowest BCUT2D eigenvalue weighted by Crippen LogP contribution is -2.15. The van der Waals surface area contributed by atoms with E-state index >= 15 is 0 Å². The summed E-state index contributed by atoms with van der Waals surface area (Å²) in [7, 11) is 0. The van der Waals surface area contributed by atoms with Gasteiger partial charge in [0.1, 0.15) is 0 Å². The molecule has 0 fully saturated rings. The number of imidazole rings is 1. The van der Waals surface area contributed by atoms with Crippen LogP contribution in [0.3, 0.4) is 0 Å². The summed E-state index contributed by atoms with van der Waals surface area (Å²) in [4.78, 5) is 19.5. The lowest BCUT2D eigenvalue weighted by molar-refractivity contribution is -0.115. The first-order valence-electron chi connectivity index (χ1n) is 6.61. The van der Waals surface area contributed by atoms with E-state index in [4.69, 9.17) is 0 Å². The van der Waals surface area contributed by atoms with Gasteiger partial charge in [-0.2, -0.15) is 0 Å². The number of nitrogens with zero attached hydrogens (tertiary/aromatic N) is 1. The number of hydrogen-bond donors (Lipinski definition) is 2. The molecule has 0 aliphatic rings. The molecule has 0 aliphatic carbocycles. The molecule has 0 saturated heterocycles. The van der Waals surface area contributed by atoms with Crippen molar-refractivity contribution >= 4 is 38.8 Å². The van der Waals surface area contributed by atoms with E-state index in [9.17, 15) is 4.79 Å². The molecule has 3 rings (SSSR count). The van der Waals surface area contributed by atoms with E-state index in [-0.39, 0.29) is 5.91 Å². The highest BCUT2D eigenvalue weighted by Crippen LogP contribution is 2.19. The third-order valence-electron chi connectivity index (χ3n) is 3.31. The maximum absolute atomic E-state index is 12.1. The van der Waals surface area contributed by atoms with Crippen LogP contribution in [0.4, 0.5) is 5.95 Å². The van der Waals surface area contributed by atoms with Gasteiger partial charge in [-0.1, -0.05) is 40.2 Å². The fraction of sp³-hybridized carbons (Fsp3) is 0.125. The molecule has 0 aliphatic heterocycles. The van der Waals surface area contributed by atoms with Crippen molar-refractivity contribution in [2.75, 3.05) is 5.32 Å². The van der Waals surface area contributed by atoms with Gasteiger partial charge < -0.3 is 4.98 Å². The first-order chi connectivity index (χ1) is 10.1. The molecular weight excluding hydrogens is 330 g/mol. The summed E-state index contributed by atoms with van der Waals surface area (Å²) < 4.78 is 0.969. The van der Waals surface area contributed by atoms with Crippen molar-refractivity contribution in [1.29, 1.82) is 0 Å². The van der Waals surface area contributed by atoms with Gasteiger partial charge in [0, 0.05) is 4.47 Å². The molecule has 1 amide bonds. The van der Waals surface area contributed by atoms with Gasteiger partial charge in [-0.15, -0.1) is 0 Å². The van der Waals surface area contributed by atoms with Gasteiger partial charge in [0.2, 0.25) is 11.9 Å². The van der Waals surface area contributed by atoms with Crippen LogP contribution in [0.1, 0.15) is 11.1 Å². The lowest BCUT2D eigenvalue weighted by atomic mass is 10.1. The van der Waals surface area contributed by atoms with Crippen LogP contribution in [-0.4, -0.2) is 15.9 Å². The third-order valence-corrected chi connectivity index (χ3v) is 3.81. The highest BCUT2D eigenvalue weighted by atomic mass is 79.9. The van der Waals surface area contributed by atoms with E-state index < -0.39 is 0 Å². The summed E-state index contributed by atoms with van der Waals surface area (Å²) in [5, 5.41) is 2.81. The molecule has 0 bridgehead atoms. The summed E-state index contributed by atoms with van der Waals surface area (Å²) in [5.41, 5.74) is 3.84. The number of aryl methyl sites for hydroxylation is 1. The molecule has 2 N–H and O–H groups in total. The lowest BCUT2D eigenvalue weighted by Gasteiger charge is -2.05. The van der Waals surface area contributed by atoms with Gasteiger partial charge in [-0.25, -0.2) is 4.98 Å². The molecular formula is C16H14BrN3O. The predicted octanol–water partition coefficient (Wildman–Crippen LogP) is 3.82. The van der Waals surface area contributed by atoms with E-state index in [0.29, 0.717) is 12.4 Å². The van der Waals surface area contributed by atoms with E-state index in [1.54, 1.807) is 0 Å². The number of benzene rings is 2. The van der Waals surface area contributed by atoms with Crippen molar-refractivity contribution in [1.82, 2.24) is 9.97 Å². The van der Waals surface area contributed by atoms with Crippen molar-refractivity contribution < 1.29 is 4.79 Å². The number of rotatable bonds is 3. The molecule has 1 heterocycles. The maximum Gasteiger partial charge on any atom is 0.231 e. The first-order valence-corrected chi connectivity index (χ1v) is 7.41. The number of halogens is 1. The molecule has 0 radical (unpaired) electrons. The molecule has 1 aromatic heterocycles. The van der Waals surface area contributed by atoms with Crippen molar-refractivity contribution in [3.8, 4) is 0 Å². The van der Waals surface area contributed by atoms with Crippen LogP contribution in [-0.2, 0) is 11.2 Å². The topological polar surface area (TPSA) is 57.8 Å². The monoisotopic (exact) mass is 343 g/mol. The fourth-order valence-corrected chi connectivity index (χ4v) is 2.56. The number of carbonyl (C=O) groups is 1. The average molecular weight is 344 g/mol. The highest BCUT2D eigenvalue weighted by Gasteiger charge is 2.09. The van der Waals surface area contributed by atoms with Crippen LogP contribution >= 0.6 is 15.9 Å². The number of carbonyl (C=O) groups excluding carboxylic acids is 1. The van der Waals surface area contributed by atoms with E-state index in [1.165, 1.54) is 0 Å². The zero-order chi connectivity index (χ0) is 14.8. The first kappa shape index (κ1) is 13.8. The van der Waals surface area contributed by atoms with Crippen LogP contribution in [0.5, 0.6) is 0 Å². The summed E-state index contributed by atoms with van der Waals surface area (Å²) in [6.07, 6.45) is 0.341. The smallest absolute Gasteiger partial charge is 0.231 e. The Bertz CT molecular complexity index is 810. The Morgan fingerprint density at radius 1 is 1.29 bits per heavy atom. The SMILES string of the molecule is Cc1ccccc1CC(=O)Nc1nc2ccc(Br)cc2[nH]1. The van der Waals surface area contributed by atoms with Crippen LogP contribution in [0.2, 0.25) is 0 Å². The Kier molecular flexibility index (Phi) is 3.75. The van der Waals surface area contributed by atoms with E-state index in [2.05, 4.69) is 31.2 Å². The molecule has 0 spiro atoms. The van der Waals surface area contributed by atoms with Crippen molar-refractivity contribution in [3.63, 3.8) is 0 Å². The van der Waals surface area contributed by atoms with Crippen molar-refractivity contribution in [3.05, 3.63) is 58.1 Å². The quantitative estimate of drug-likeness (QED) is 0.759. The zero-order valence-electron chi connectivity index (χ0n) is 11.5. The summed E-state index contributed by atoms with van der Waals surface area (Å²) in [6.45, 7) is 2.00. The number of nitrogens with one attached hydrogen (secondary N) is 2. The molecule has 0 atom stereocenters. The average Bonchev–Trinajstić information content (AvgIpc) is 2.82. The molecule has 106 valence electrons. The summed E-state index contributed by atoms with van der Waals surface area (Å²) in [6, 6.07) is 13.6. The number of H-pyrrole nitrogens is 1. The Balaban J connectivity index is 1.75. The Morgan fingerprint density at radius 3 is 2.90 bits per heavy atom. The molecule has 3 aromatic rings. The molecule has 2 aromatic carbocycles. The minimum atomic E-state index is -0.0811. The third kappa shape index (κ3) is 3.13. The van der Waals surface area contributed by atoms with Gasteiger partial charge in [0.05, 0.1) is 17.5 Å². The van der Waals surface area contributed by atoms with Crippen molar-refractivity contribution in [2.45, 2.75) is 13.3 Å². The molecule has 0 unspecified atom stereocenters. The highest BCUT2D eigenvalue weighted by molar-refractivity contribution is 9.10. The second-order valence-corrected chi connectivity index (χ2v) is 5.81. The van der Waals surface area contributed by atoms with Gasteiger partial charge in [-0.05, 0) is 36.2 Å². The van der Waals surface area contributed by atoms with Gasteiger partial charge >= 0.3 is 0 Å². The van der Waals surface area contributed by atoms with Crippen LogP contribution in [0, 0.1) is 6.92 Å². The second-order valence-electron chi connectivity index (χ2n) is 4.90. The molecule has 4 nitrogen and oxygen atoms in total. The van der Waals surface area contributed by atoms with Crippen LogP contribution < -0.4 is 5.32 Å². The summed E-state index contributed by atoms with van der Waals surface area (Å²) in [5.74, 6) is 0.393. The largest absolute Gasteiger partial charge is 0.324 e. The maximum atomic E-state index is 12.1. The predicted molar refractivity (Wildman–Crippen MR) is 87.3 cm³/mol. The van der Waals surface area contributed by atoms with Crippen LogP contribution in [0.15, 0.2) is 46.9 Å². The zero-order valence-corrected chi connectivity index (χ0v) is 13.1. The molecule has 5 heteroatoms. The van der Waals surface area contributed by atoms with E-state index in [1.807, 2.05) is 49.4 Å². The standard InChI is InChI=1S/C16H14BrN3O/c1-10-4-2-3-5-11(10)8-15(21)20-16-18-13-7-6-12(17)9-14(13)19-16/h2-7,9H,8H2,1H3,(H2,18,19,20,21).